The Bertz CT molecular complexity index is 987. The quantitative estimate of drug-likeness (QED) is 0.758. The third-order valence-corrected chi connectivity index (χ3v) is 4.69. The number of rotatable bonds is 3. The summed E-state index contributed by atoms with van der Waals surface area (Å²) in [5, 5.41) is 13.0. The minimum atomic E-state index is -0.366. The number of carbonyl (C=O) groups is 1. The van der Waals surface area contributed by atoms with E-state index in [1.54, 1.807) is 13.0 Å². The normalized spacial score (nSPS) is 11.0. The van der Waals surface area contributed by atoms with Gasteiger partial charge in [-0.3, -0.25) is 14.2 Å². The lowest BCUT2D eigenvalue weighted by Gasteiger charge is -2.10. The second-order valence-electron chi connectivity index (χ2n) is 5.46. The Kier molecular flexibility index (Phi) is 4.06. The maximum Gasteiger partial charge on any atom is 0.261 e. The van der Waals surface area contributed by atoms with Crippen molar-refractivity contribution in [1.29, 1.82) is 0 Å². The Morgan fingerprint density at radius 1 is 1.29 bits per heavy atom. The number of hydrogen-bond donors (Lipinski definition) is 2. The smallest absolute Gasteiger partial charge is 0.261 e. The molecule has 0 radical (unpaired) electrons. The molecule has 0 aliphatic heterocycles. The number of nitrogens with zero attached hydrogens (tertiary/aromatic N) is 3. The first-order chi connectivity index (χ1) is 11.3. The SMILES string of the molecule is Cc1nc(NC(=O)Cn2c(C)nc3ccc(O)cc3c2=O)sc1C. The summed E-state index contributed by atoms with van der Waals surface area (Å²) in [6.45, 7) is 5.30. The molecular formula is C16H16N4O3S. The third-order valence-electron chi connectivity index (χ3n) is 3.71. The van der Waals surface area contributed by atoms with Crippen molar-refractivity contribution in [2.24, 2.45) is 0 Å². The van der Waals surface area contributed by atoms with E-state index in [1.165, 1.54) is 28.0 Å². The van der Waals surface area contributed by atoms with E-state index in [0.717, 1.165) is 10.6 Å². The van der Waals surface area contributed by atoms with E-state index in [1.807, 2.05) is 13.8 Å². The van der Waals surface area contributed by atoms with Crippen molar-refractivity contribution in [2.45, 2.75) is 27.3 Å². The van der Waals surface area contributed by atoms with Crippen LogP contribution in [0.5, 0.6) is 5.75 Å². The monoisotopic (exact) mass is 344 g/mol. The van der Waals surface area contributed by atoms with Crippen LogP contribution in [0, 0.1) is 20.8 Å². The summed E-state index contributed by atoms with van der Waals surface area (Å²) >= 11 is 1.39. The highest BCUT2D eigenvalue weighted by Gasteiger charge is 2.13. The molecule has 124 valence electrons. The van der Waals surface area contributed by atoms with Crippen molar-refractivity contribution in [1.82, 2.24) is 14.5 Å². The van der Waals surface area contributed by atoms with Crippen LogP contribution < -0.4 is 10.9 Å². The zero-order valence-electron chi connectivity index (χ0n) is 13.5. The average molecular weight is 344 g/mol. The molecule has 0 saturated carbocycles. The zero-order chi connectivity index (χ0) is 17.4. The van der Waals surface area contributed by atoms with Crippen LogP contribution in [-0.2, 0) is 11.3 Å². The number of thiazole rings is 1. The largest absolute Gasteiger partial charge is 0.508 e. The second kappa shape index (κ2) is 6.04. The lowest BCUT2D eigenvalue weighted by molar-refractivity contribution is -0.116. The number of fused-ring (bicyclic) bond motifs is 1. The summed E-state index contributed by atoms with van der Waals surface area (Å²) in [6.07, 6.45) is 0. The first kappa shape index (κ1) is 16.1. The van der Waals surface area contributed by atoms with Gasteiger partial charge < -0.3 is 10.4 Å². The lowest BCUT2D eigenvalue weighted by atomic mass is 10.2. The summed E-state index contributed by atoms with van der Waals surface area (Å²) < 4.78 is 1.28. The van der Waals surface area contributed by atoms with Crippen LogP contribution in [0.25, 0.3) is 10.9 Å². The van der Waals surface area contributed by atoms with Gasteiger partial charge in [0.05, 0.1) is 16.6 Å². The third kappa shape index (κ3) is 3.00. The number of nitrogens with one attached hydrogen (secondary N) is 1. The molecule has 2 heterocycles. The van der Waals surface area contributed by atoms with E-state index < -0.39 is 0 Å². The van der Waals surface area contributed by atoms with Crippen LogP contribution in [0.2, 0.25) is 0 Å². The van der Waals surface area contributed by atoms with Gasteiger partial charge in [0.25, 0.3) is 5.56 Å². The van der Waals surface area contributed by atoms with Gasteiger partial charge >= 0.3 is 0 Å². The molecule has 3 aromatic rings. The number of phenolic OH excluding ortho intramolecular Hbond substituents is 1. The minimum absolute atomic E-state index is 0.0185. The molecule has 1 amide bonds. The van der Waals surface area contributed by atoms with Gasteiger partial charge in [-0.1, -0.05) is 0 Å². The maximum absolute atomic E-state index is 12.6. The lowest BCUT2D eigenvalue weighted by Crippen LogP contribution is -2.30. The molecule has 0 unspecified atom stereocenters. The molecule has 0 bridgehead atoms. The van der Waals surface area contributed by atoms with Crippen LogP contribution >= 0.6 is 11.3 Å². The number of anilines is 1. The van der Waals surface area contributed by atoms with Crippen LogP contribution in [-0.4, -0.2) is 25.5 Å². The zero-order valence-corrected chi connectivity index (χ0v) is 14.3. The second-order valence-corrected chi connectivity index (χ2v) is 6.66. The molecule has 0 saturated heterocycles. The number of benzene rings is 1. The highest BCUT2D eigenvalue weighted by Crippen LogP contribution is 2.21. The van der Waals surface area contributed by atoms with Crippen molar-refractivity contribution < 1.29 is 9.90 Å². The van der Waals surface area contributed by atoms with Crippen molar-refractivity contribution in [3.05, 3.63) is 44.9 Å². The Hall–Kier alpha value is -2.74. The predicted octanol–water partition coefficient (Wildman–Crippen LogP) is 2.12. The standard InChI is InChI=1S/C16H16N4O3S/c1-8-9(2)24-16(17-8)19-14(22)7-20-10(3)18-13-5-4-11(21)6-12(13)15(20)23/h4-6,21H,7H2,1-3H3,(H,17,19,22). The molecule has 2 N–H and O–H groups in total. The first-order valence-corrected chi connectivity index (χ1v) is 8.11. The van der Waals surface area contributed by atoms with Crippen LogP contribution in [0.4, 0.5) is 5.13 Å². The van der Waals surface area contributed by atoms with E-state index in [2.05, 4.69) is 15.3 Å². The summed E-state index contributed by atoms with van der Waals surface area (Å²) in [7, 11) is 0. The molecule has 0 atom stereocenters. The molecule has 0 aliphatic rings. The van der Waals surface area contributed by atoms with Crippen molar-refractivity contribution in [3.8, 4) is 5.75 Å². The predicted molar refractivity (Wildman–Crippen MR) is 92.6 cm³/mol. The molecule has 8 heteroatoms. The van der Waals surface area contributed by atoms with E-state index in [0.29, 0.717) is 16.5 Å². The molecule has 2 aromatic heterocycles. The molecule has 0 aliphatic carbocycles. The topological polar surface area (TPSA) is 97.1 Å². The Balaban J connectivity index is 1.91. The van der Waals surface area contributed by atoms with Crippen molar-refractivity contribution in [3.63, 3.8) is 0 Å². The molecule has 1 aromatic carbocycles. The van der Waals surface area contributed by atoms with Gasteiger partial charge in [0.15, 0.2) is 5.13 Å². The molecular weight excluding hydrogens is 328 g/mol. The van der Waals surface area contributed by atoms with Crippen molar-refractivity contribution in [2.75, 3.05) is 5.32 Å². The van der Waals surface area contributed by atoms with Gasteiger partial charge in [-0.25, -0.2) is 9.97 Å². The average Bonchev–Trinajstić information content (AvgIpc) is 2.82. The van der Waals surface area contributed by atoms with E-state index in [-0.39, 0.29) is 29.1 Å². The fraction of sp³-hybridized carbons (Fsp3) is 0.250. The van der Waals surface area contributed by atoms with Gasteiger partial charge in [0.2, 0.25) is 5.91 Å². The van der Waals surface area contributed by atoms with Crippen molar-refractivity contribution >= 4 is 33.3 Å². The van der Waals surface area contributed by atoms with Gasteiger partial charge in [-0.15, -0.1) is 11.3 Å². The highest BCUT2D eigenvalue weighted by molar-refractivity contribution is 7.15. The Morgan fingerprint density at radius 3 is 2.71 bits per heavy atom. The Labute approximate surface area is 141 Å². The number of aromatic hydroxyl groups is 1. The molecule has 7 nitrogen and oxygen atoms in total. The van der Waals surface area contributed by atoms with Crippen LogP contribution in [0.1, 0.15) is 16.4 Å². The van der Waals surface area contributed by atoms with Crippen LogP contribution in [0.15, 0.2) is 23.0 Å². The molecule has 0 fully saturated rings. The van der Waals surface area contributed by atoms with E-state index in [4.69, 9.17) is 0 Å². The number of hydrogen-bond acceptors (Lipinski definition) is 6. The highest BCUT2D eigenvalue weighted by atomic mass is 32.1. The number of aryl methyl sites for hydroxylation is 3. The van der Waals surface area contributed by atoms with Gasteiger partial charge in [-0.2, -0.15) is 0 Å². The molecule has 24 heavy (non-hydrogen) atoms. The number of carbonyl (C=O) groups excluding carboxylic acids is 1. The fourth-order valence-electron chi connectivity index (χ4n) is 2.33. The van der Waals surface area contributed by atoms with E-state index >= 15 is 0 Å². The fourth-order valence-corrected chi connectivity index (χ4v) is 3.17. The van der Waals surface area contributed by atoms with Gasteiger partial charge in [0.1, 0.15) is 18.1 Å². The minimum Gasteiger partial charge on any atom is -0.508 e. The summed E-state index contributed by atoms with van der Waals surface area (Å²) in [6, 6.07) is 4.40. The number of amides is 1. The summed E-state index contributed by atoms with van der Waals surface area (Å²) in [5.74, 6) is 0.0603. The summed E-state index contributed by atoms with van der Waals surface area (Å²) in [4.78, 5) is 34.4. The number of aromatic nitrogens is 3. The maximum atomic E-state index is 12.6. The van der Waals surface area contributed by atoms with Crippen LogP contribution in [0.3, 0.4) is 0 Å². The molecule has 3 rings (SSSR count). The Morgan fingerprint density at radius 2 is 2.04 bits per heavy atom. The van der Waals surface area contributed by atoms with Gasteiger partial charge in [-0.05, 0) is 39.0 Å². The van der Waals surface area contributed by atoms with Gasteiger partial charge in [0, 0.05) is 4.88 Å². The van der Waals surface area contributed by atoms with E-state index in [9.17, 15) is 14.7 Å². The molecule has 0 spiro atoms. The first-order valence-electron chi connectivity index (χ1n) is 7.29. The number of phenols is 1. The summed E-state index contributed by atoms with van der Waals surface area (Å²) in [5.41, 5.74) is 0.986.